The van der Waals surface area contributed by atoms with Crippen molar-refractivity contribution in [3.8, 4) is 5.88 Å². The highest BCUT2D eigenvalue weighted by Crippen LogP contribution is 2.11. The highest BCUT2D eigenvalue weighted by molar-refractivity contribution is 5.81. The van der Waals surface area contributed by atoms with Crippen LogP contribution in [0.1, 0.15) is 18.4 Å². The molecule has 0 bridgehead atoms. The molecule has 1 fully saturated rings. The Labute approximate surface area is 96.2 Å². The predicted molar refractivity (Wildman–Crippen MR) is 60.8 cm³/mol. The maximum absolute atomic E-state index is 11.3. The molecule has 0 aromatic carbocycles. The van der Waals surface area contributed by atoms with E-state index in [9.17, 15) is 14.7 Å². The number of aromatic hydroxyl groups is 1. The Bertz CT molecular complexity index is 525. The molecule has 7 nitrogen and oxygen atoms in total. The van der Waals surface area contributed by atoms with Gasteiger partial charge < -0.3 is 9.84 Å². The summed E-state index contributed by atoms with van der Waals surface area (Å²) in [5.41, 5.74) is -1.46. The van der Waals surface area contributed by atoms with Gasteiger partial charge in [0.1, 0.15) is 5.56 Å². The molecule has 7 heteroatoms. The first-order valence-corrected chi connectivity index (χ1v) is 5.34. The van der Waals surface area contributed by atoms with Gasteiger partial charge in [0.05, 0.1) is 12.6 Å². The molecule has 3 N–H and O–H groups in total. The van der Waals surface area contributed by atoms with Crippen molar-refractivity contribution in [3.63, 3.8) is 0 Å². The molecule has 0 amide bonds. The smallest absolute Gasteiger partial charge is 0.328 e. The number of nitrogens with one attached hydrogen (secondary N) is 2. The summed E-state index contributed by atoms with van der Waals surface area (Å²) < 4.78 is 5.35. The van der Waals surface area contributed by atoms with Crippen LogP contribution >= 0.6 is 0 Å². The van der Waals surface area contributed by atoms with Crippen molar-refractivity contribution in [2.24, 2.45) is 4.99 Å². The summed E-state index contributed by atoms with van der Waals surface area (Å²) in [6.45, 7) is 1.18. The Morgan fingerprint density at radius 3 is 2.94 bits per heavy atom. The lowest BCUT2D eigenvalue weighted by Gasteiger charge is -2.03. The number of nitrogens with zero attached hydrogens (tertiary/aromatic N) is 1. The van der Waals surface area contributed by atoms with Gasteiger partial charge in [0, 0.05) is 12.8 Å². The van der Waals surface area contributed by atoms with Gasteiger partial charge in [0.15, 0.2) is 0 Å². The summed E-state index contributed by atoms with van der Waals surface area (Å²) in [4.78, 5) is 30.3. The monoisotopic (exact) mass is 239 g/mol. The highest BCUT2D eigenvalue weighted by atomic mass is 16.5. The lowest BCUT2D eigenvalue weighted by atomic mass is 10.2. The SMILES string of the molecule is O=c1[nH]c(O)c(C=NC[C@H]2CCCO2)c(=O)[nH]1. The van der Waals surface area contributed by atoms with Crippen molar-refractivity contribution in [1.82, 2.24) is 9.97 Å². The number of aromatic nitrogens is 2. The predicted octanol–water partition coefficient (Wildman–Crippen LogP) is -0.633. The first-order chi connectivity index (χ1) is 8.16. The van der Waals surface area contributed by atoms with Gasteiger partial charge >= 0.3 is 5.69 Å². The molecule has 1 aliphatic heterocycles. The summed E-state index contributed by atoms with van der Waals surface area (Å²) in [5, 5.41) is 9.37. The second kappa shape index (κ2) is 4.96. The van der Waals surface area contributed by atoms with E-state index in [0.717, 1.165) is 19.4 Å². The minimum atomic E-state index is -0.747. The van der Waals surface area contributed by atoms with Crippen LogP contribution in [0.3, 0.4) is 0 Å². The number of hydrogen-bond donors (Lipinski definition) is 3. The first-order valence-electron chi connectivity index (χ1n) is 5.34. The van der Waals surface area contributed by atoms with Crippen LogP contribution in [0.15, 0.2) is 14.6 Å². The molecule has 0 radical (unpaired) electrons. The normalized spacial score (nSPS) is 20.1. The third-order valence-electron chi connectivity index (χ3n) is 2.51. The van der Waals surface area contributed by atoms with Gasteiger partial charge in [-0.1, -0.05) is 0 Å². The lowest BCUT2D eigenvalue weighted by molar-refractivity contribution is 0.118. The topological polar surface area (TPSA) is 108 Å². The fourth-order valence-electron chi connectivity index (χ4n) is 1.65. The Balaban J connectivity index is 2.10. The van der Waals surface area contributed by atoms with E-state index in [2.05, 4.69) is 9.98 Å². The molecule has 92 valence electrons. The Morgan fingerprint density at radius 1 is 1.47 bits per heavy atom. The van der Waals surface area contributed by atoms with Crippen LogP contribution in [0, 0.1) is 0 Å². The molecule has 2 rings (SSSR count). The molecule has 1 aromatic rings. The summed E-state index contributed by atoms with van der Waals surface area (Å²) >= 11 is 0. The molecule has 2 heterocycles. The molecule has 1 aromatic heterocycles. The van der Waals surface area contributed by atoms with E-state index in [4.69, 9.17) is 4.74 Å². The van der Waals surface area contributed by atoms with Crippen molar-refractivity contribution in [2.45, 2.75) is 18.9 Å². The second-order valence-electron chi connectivity index (χ2n) is 3.80. The number of ether oxygens (including phenoxy) is 1. The zero-order chi connectivity index (χ0) is 12.3. The van der Waals surface area contributed by atoms with Crippen molar-refractivity contribution >= 4 is 6.21 Å². The molecule has 17 heavy (non-hydrogen) atoms. The number of H-pyrrole nitrogens is 2. The van der Waals surface area contributed by atoms with E-state index in [1.807, 2.05) is 4.98 Å². The number of aromatic amines is 2. The quantitative estimate of drug-likeness (QED) is 0.610. The average Bonchev–Trinajstić information content (AvgIpc) is 2.74. The summed E-state index contributed by atoms with van der Waals surface area (Å²) in [5.74, 6) is -0.477. The van der Waals surface area contributed by atoms with Crippen molar-refractivity contribution in [2.75, 3.05) is 13.2 Å². The van der Waals surface area contributed by atoms with Crippen molar-refractivity contribution in [3.05, 3.63) is 26.4 Å². The molecule has 1 aliphatic rings. The molecule has 0 spiro atoms. The third-order valence-corrected chi connectivity index (χ3v) is 2.51. The molecule has 0 aliphatic carbocycles. The van der Waals surface area contributed by atoms with Gasteiger partial charge in [-0.2, -0.15) is 0 Å². The lowest BCUT2D eigenvalue weighted by Crippen LogP contribution is -2.25. The zero-order valence-corrected chi connectivity index (χ0v) is 9.10. The summed E-state index contributed by atoms with van der Waals surface area (Å²) in [6.07, 6.45) is 3.29. The van der Waals surface area contributed by atoms with Gasteiger partial charge in [-0.25, -0.2) is 4.79 Å². The molecular formula is C10H13N3O4. The molecule has 0 unspecified atom stereocenters. The van der Waals surface area contributed by atoms with Crippen LogP contribution in [0.4, 0.5) is 0 Å². The molecule has 1 saturated heterocycles. The minimum Gasteiger partial charge on any atom is -0.494 e. The van der Waals surface area contributed by atoms with E-state index < -0.39 is 17.1 Å². The van der Waals surface area contributed by atoms with Gasteiger partial charge in [-0.15, -0.1) is 0 Å². The van der Waals surface area contributed by atoms with Crippen LogP contribution < -0.4 is 11.2 Å². The Morgan fingerprint density at radius 2 is 2.29 bits per heavy atom. The summed E-state index contributed by atoms with van der Waals surface area (Å²) in [6, 6.07) is 0. The maximum atomic E-state index is 11.3. The third kappa shape index (κ3) is 2.82. The van der Waals surface area contributed by atoms with Crippen LogP contribution in [0.25, 0.3) is 0 Å². The van der Waals surface area contributed by atoms with Gasteiger partial charge in [0.2, 0.25) is 5.88 Å². The average molecular weight is 239 g/mol. The number of rotatable bonds is 3. The maximum Gasteiger partial charge on any atom is 0.328 e. The first kappa shape index (κ1) is 11.6. The van der Waals surface area contributed by atoms with E-state index in [1.165, 1.54) is 6.21 Å². The van der Waals surface area contributed by atoms with E-state index in [1.54, 1.807) is 0 Å². The van der Waals surface area contributed by atoms with Crippen molar-refractivity contribution < 1.29 is 9.84 Å². The van der Waals surface area contributed by atoms with E-state index in [-0.39, 0.29) is 11.7 Å². The molecule has 0 saturated carbocycles. The van der Waals surface area contributed by atoms with E-state index in [0.29, 0.717) is 6.54 Å². The standard InChI is InChI=1S/C10H13N3O4/c14-8-7(9(15)13-10(16)12-8)5-11-4-6-2-1-3-17-6/h5-6H,1-4H2,(H3,12,13,14,15,16)/t6-/m1/s1. The second-order valence-corrected chi connectivity index (χ2v) is 3.80. The highest BCUT2D eigenvalue weighted by Gasteiger charge is 2.14. The van der Waals surface area contributed by atoms with Crippen molar-refractivity contribution in [1.29, 1.82) is 0 Å². The van der Waals surface area contributed by atoms with Gasteiger partial charge in [-0.3, -0.25) is 19.8 Å². The van der Waals surface area contributed by atoms with Crippen LogP contribution in [-0.2, 0) is 4.74 Å². The Hall–Kier alpha value is -1.89. The largest absolute Gasteiger partial charge is 0.494 e. The van der Waals surface area contributed by atoms with Crippen LogP contribution in [-0.4, -0.2) is 40.5 Å². The van der Waals surface area contributed by atoms with E-state index >= 15 is 0 Å². The van der Waals surface area contributed by atoms with Crippen LogP contribution in [0.5, 0.6) is 5.88 Å². The molecular weight excluding hydrogens is 226 g/mol. The Kier molecular flexibility index (Phi) is 3.38. The molecule has 1 atom stereocenters. The van der Waals surface area contributed by atoms with Crippen LogP contribution in [0.2, 0.25) is 0 Å². The summed E-state index contributed by atoms with van der Waals surface area (Å²) in [7, 11) is 0. The minimum absolute atomic E-state index is 0.0532. The zero-order valence-electron chi connectivity index (χ0n) is 9.10. The number of hydrogen-bond acceptors (Lipinski definition) is 5. The fraction of sp³-hybridized carbons (Fsp3) is 0.500. The van der Waals surface area contributed by atoms with Gasteiger partial charge in [0.25, 0.3) is 5.56 Å². The van der Waals surface area contributed by atoms with Gasteiger partial charge in [-0.05, 0) is 12.8 Å². The fourth-order valence-corrected chi connectivity index (χ4v) is 1.65. The number of aliphatic imine (C=N–C) groups is 1.